The van der Waals surface area contributed by atoms with Crippen molar-refractivity contribution in [2.24, 2.45) is 0 Å². The minimum Gasteiger partial charge on any atom is -0.491 e. The lowest BCUT2D eigenvalue weighted by atomic mass is 10.2. The van der Waals surface area contributed by atoms with E-state index in [9.17, 15) is 10.2 Å². The van der Waals surface area contributed by atoms with Crippen LogP contribution in [0.15, 0.2) is 30.3 Å². The Morgan fingerprint density at radius 2 is 1.89 bits per heavy atom. The number of para-hydroxylation sites is 1. The smallest absolute Gasteiger partial charge is 0.119 e. The molecule has 2 atom stereocenters. The van der Waals surface area contributed by atoms with Crippen LogP contribution in [0.3, 0.4) is 0 Å². The molecule has 1 aromatic rings. The SMILES string of the molecule is CCC(O)CCNCC(O)COc1ccccc1. The first-order valence-corrected chi connectivity index (χ1v) is 6.47. The summed E-state index contributed by atoms with van der Waals surface area (Å²) in [5.74, 6) is 0.762. The van der Waals surface area contributed by atoms with E-state index in [4.69, 9.17) is 4.74 Å². The Kier molecular flexibility index (Phi) is 7.41. The summed E-state index contributed by atoms with van der Waals surface area (Å²) in [6.45, 7) is 3.40. The molecule has 0 aliphatic carbocycles. The monoisotopic (exact) mass is 253 g/mol. The topological polar surface area (TPSA) is 61.7 Å². The summed E-state index contributed by atoms with van der Waals surface area (Å²) in [4.78, 5) is 0. The average Bonchev–Trinajstić information content (AvgIpc) is 2.42. The predicted molar refractivity (Wildman–Crippen MR) is 71.7 cm³/mol. The minimum atomic E-state index is -0.538. The summed E-state index contributed by atoms with van der Waals surface area (Å²) in [6, 6.07) is 9.43. The first kappa shape index (κ1) is 15.0. The molecule has 0 spiro atoms. The summed E-state index contributed by atoms with van der Waals surface area (Å²) >= 11 is 0. The van der Waals surface area contributed by atoms with Crippen molar-refractivity contribution in [2.75, 3.05) is 19.7 Å². The van der Waals surface area contributed by atoms with E-state index in [1.807, 2.05) is 37.3 Å². The molecule has 0 saturated carbocycles. The largest absolute Gasteiger partial charge is 0.491 e. The number of nitrogens with one attached hydrogen (secondary N) is 1. The van der Waals surface area contributed by atoms with Gasteiger partial charge in [-0.3, -0.25) is 0 Å². The van der Waals surface area contributed by atoms with Crippen molar-refractivity contribution >= 4 is 0 Å². The molecule has 18 heavy (non-hydrogen) atoms. The van der Waals surface area contributed by atoms with E-state index in [0.29, 0.717) is 19.5 Å². The Labute approximate surface area is 109 Å². The highest BCUT2D eigenvalue weighted by Crippen LogP contribution is 2.08. The molecule has 1 rings (SSSR count). The molecule has 3 N–H and O–H groups in total. The number of hydrogen-bond acceptors (Lipinski definition) is 4. The third-order valence-corrected chi connectivity index (χ3v) is 2.69. The second kappa shape index (κ2) is 8.91. The van der Waals surface area contributed by atoms with Crippen LogP contribution in [0, 0.1) is 0 Å². The molecule has 0 aliphatic heterocycles. The van der Waals surface area contributed by atoms with E-state index < -0.39 is 6.10 Å². The maximum Gasteiger partial charge on any atom is 0.119 e. The summed E-state index contributed by atoms with van der Waals surface area (Å²) in [5, 5.41) is 22.1. The van der Waals surface area contributed by atoms with Gasteiger partial charge in [0.05, 0.1) is 6.10 Å². The van der Waals surface area contributed by atoms with Gasteiger partial charge in [-0.25, -0.2) is 0 Å². The molecule has 4 heteroatoms. The van der Waals surface area contributed by atoms with Crippen LogP contribution in [-0.2, 0) is 0 Å². The van der Waals surface area contributed by atoms with Gasteiger partial charge in [-0.05, 0) is 31.5 Å². The van der Waals surface area contributed by atoms with Gasteiger partial charge in [-0.15, -0.1) is 0 Å². The van der Waals surface area contributed by atoms with E-state index >= 15 is 0 Å². The fourth-order valence-corrected chi connectivity index (χ4v) is 1.51. The summed E-state index contributed by atoms with van der Waals surface area (Å²) in [7, 11) is 0. The molecule has 102 valence electrons. The molecule has 2 unspecified atom stereocenters. The van der Waals surface area contributed by atoms with Crippen LogP contribution in [0.1, 0.15) is 19.8 Å². The van der Waals surface area contributed by atoms with Crippen LogP contribution in [0.25, 0.3) is 0 Å². The van der Waals surface area contributed by atoms with Crippen LogP contribution >= 0.6 is 0 Å². The Hall–Kier alpha value is -1.10. The molecule has 1 aromatic carbocycles. The van der Waals surface area contributed by atoms with Crippen molar-refractivity contribution in [1.82, 2.24) is 5.32 Å². The van der Waals surface area contributed by atoms with Crippen LogP contribution in [-0.4, -0.2) is 42.1 Å². The Balaban J connectivity index is 2.05. The molecule has 0 heterocycles. The molecule has 0 aromatic heterocycles. The molecule has 0 saturated heterocycles. The van der Waals surface area contributed by atoms with Gasteiger partial charge in [0, 0.05) is 6.54 Å². The van der Waals surface area contributed by atoms with Crippen LogP contribution in [0.5, 0.6) is 5.75 Å². The van der Waals surface area contributed by atoms with Crippen molar-refractivity contribution in [1.29, 1.82) is 0 Å². The zero-order valence-electron chi connectivity index (χ0n) is 10.9. The van der Waals surface area contributed by atoms with Crippen molar-refractivity contribution in [2.45, 2.75) is 32.0 Å². The van der Waals surface area contributed by atoms with Gasteiger partial charge in [0.1, 0.15) is 18.5 Å². The number of aliphatic hydroxyl groups is 2. The number of hydrogen-bond donors (Lipinski definition) is 3. The highest BCUT2D eigenvalue weighted by atomic mass is 16.5. The third kappa shape index (κ3) is 6.59. The lowest BCUT2D eigenvalue weighted by molar-refractivity contribution is 0.104. The van der Waals surface area contributed by atoms with Gasteiger partial charge < -0.3 is 20.3 Å². The van der Waals surface area contributed by atoms with E-state index in [1.54, 1.807) is 0 Å². The molecule has 0 bridgehead atoms. The van der Waals surface area contributed by atoms with Crippen LogP contribution in [0.2, 0.25) is 0 Å². The highest BCUT2D eigenvalue weighted by molar-refractivity contribution is 5.20. The maximum atomic E-state index is 9.68. The fourth-order valence-electron chi connectivity index (χ4n) is 1.51. The van der Waals surface area contributed by atoms with Crippen molar-refractivity contribution in [3.05, 3.63) is 30.3 Å². The Morgan fingerprint density at radius 1 is 1.17 bits per heavy atom. The number of ether oxygens (including phenoxy) is 1. The van der Waals surface area contributed by atoms with Gasteiger partial charge in [-0.1, -0.05) is 25.1 Å². The van der Waals surface area contributed by atoms with Gasteiger partial charge in [0.2, 0.25) is 0 Å². The average molecular weight is 253 g/mol. The molecule has 4 nitrogen and oxygen atoms in total. The zero-order valence-corrected chi connectivity index (χ0v) is 10.9. The van der Waals surface area contributed by atoms with Gasteiger partial charge in [0.25, 0.3) is 0 Å². The Bertz CT molecular complexity index is 305. The quantitative estimate of drug-likeness (QED) is 0.578. The summed E-state index contributed by atoms with van der Waals surface area (Å²) in [5.41, 5.74) is 0. The molecule has 0 radical (unpaired) electrons. The van der Waals surface area contributed by atoms with Crippen molar-refractivity contribution < 1.29 is 14.9 Å². The summed E-state index contributed by atoms with van der Waals surface area (Å²) < 4.78 is 5.43. The predicted octanol–water partition coefficient (Wildman–Crippen LogP) is 1.18. The van der Waals surface area contributed by atoms with Gasteiger partial charge >= 0.3 is 0 Å². The molecular weight excluding hydrogens is 230 g/mol. The number of benzene rings is 1. The molecular formula is C14H23NO3. The lowest BCUT2D eigenvalue weighted by Crippen LogP contribution is -2.33. The second-order valence-corrected chi connectivity index (χ2v) is 4.33. The number of rotatable bonds is 9. The maximum absolute atomic E-state index is 9.68. The Morgan fingerprint density at radius 3 is 2.56 bits per heavy atom. The molecule has 0 fully saturated rings. The zero-order chi connectivity index (χ0) is 13.2. The van der Waals surface area contributed by atoms with E-state index in [1.165, 1.54) is 0 Å². The fraction of sp³-hybridized carbons (Fsp3) is 0.571. The summed E-state index contributed by atoms with van der Waals surface area (Å²) in [6.07, 6.45) is 0.684. The normalized spacial score (nSPS) is 14.2. The van der Waals surface area contributed by atoms with E-state index in [0.717, 1.165) is 12.2 Å². The van der Waals surface area contributed by atoms with E-state index in [-0.39, 0.29) is 12.7 Å². The first-order valence-electron chi connectivity index (χ1n) is 6.47. The molecule has 0 amide bonds. The molecule has 0 aliphatic rings. The van der Waals surface area contributed by atoms with Crippen LogP contribution < -0.4 is 10.1 Å². The van der Waals surface area contributed by atoms with Crippen molar-refractivity contribution in [3.8, 4) is 5.75 Å². The van der Waals surface area contributed by atoms with Gasteiger partial charge in [-0.2, -0.15) is 0 Å². The highest BCUT2D eigenvalue weighted by Gasteiger charge is 2.05. The number of aliphatic hydroxyl groups excluding tert-OH is 2. The standard InChI is InChI=1S/C14H23NO3/c1-2-12(16)8-9-15-10-13(17)11-18-14-6-4-3-5-7-14/h3-7,12-13,15-17H,2,8-11H2,1H3. The minimum absolute atomic E-state index is 0.254. The van der Waals surface area contributed by atoms with Crippen molar-refractivity contribution in [3.63, 3.8) is 0 Å². The first-order chi connectivity index (χ1) is 8.72. The van der Waals surface area contributed by atoms with E-state index in [2.05, 4.69) is 5.32 Å². The second-order valence-electron chi connectivity index (χ2n) is 4.33. The third-order valence-electron chi connectivity index (χ3n) is 2.69. The van der Waals surface area contributed by atoms with Crippen LogP contribution in [0.4, 0.5) is 0 Å². The van der Waals surface area contributed by atoms with Gasteiger partial charge in [0.15, 0.2) is 0 Å². The lowest BCUT2D eigenvalue weighted by Gasteiger charge is -2.14.